The van der Waals surface area contributed by atoms with Crippen LogP contribution >= 0.6 is 11.6 Å². The zero-order chi connectivity index (χ0) is 91.8. The SMILES string of the molecule is COc1cc(S(=O)(=O)N2CCC(N3CCCCC3)CC2)ccc1Nc1nc(N[C@@H]2CCOC2)c2c(Cl)c[nH]c2n1.COc1cc(S(=O)(=O)N2CCOCC2)ccc1Nc1nc(N[C@@H]2CCOC2)c2c(C)c[nH]c2n1.COc1cc(S(C)(=O)=O)ccc1Nc1nc(NC(C)C)c2c(C)c[nH]c2n1.COc1cc(S(C)(=O)=O)ccc1Nc1nc(N[C@@H]2CCOC2)c2c(C)c[nH]c2n1. The smallest absolute Gasteiger partial charge is 0.243 e. The van der Waals surface area contributed by atoms with Gasteiger partial charge in [0.15, 0.2) is 19.7 Å². The molecule has 39 nitrogen and oxygen atoms in total. The fraction of sp³-hybridized carbons (Fsp3) is 0.442. The van der Waals surface area contributed by atoms with Crippen molar-refractivity contribution in [3.8, 4) is 23.0 Å². The molecule has 0 radical (unpaired) electrons. The zero-order valence-electron chi connectivity index (χ0n) is 74.1. The summed E-state index contributed by atoms with van der Waals surface area (Å²) < 4.78 is 147. The lowest BCUT2D eigenvalue weighted by molar-refractivity contribution is 0.0730. The summed E-state index contributed by atoms with van der Waals surface area (Å²) in [5.74, 6) is 5.72. The lowest BCUT2D eigenvalue weighted by Crippen LogP contribution is -2.48. The number of aromatic amines is 4. The molecule has 8 aromatic heterocycles. The number of hydrogen-bond acceptors (Lipinski definition) is 33. The van der Waals surface area contributed by atoms with Crippen LogP contribution in [0.5, 0.6) is 23.0 Å². The summed E-state index contributed by atoms with van der Waals surface area (Å²) in [6.45, 7) is 18.8. The molecule has 12 N–H and O–H groups in total. The van der Waals surface area contributed by atoms with Gasteiger partial charge in [-0.05, 0) is 158 Å². The first-order valence-corrected chi connectivity index (χ1v) is 49.9. The van der Waals surface area contributed by atoms with Crippen molar-refractivity contribution in [3.05, 3.63) is 119 Å². The second-order valence-electron chi connectivity index (χ2n) is 32.7. The van der Waals surface area contributed by atoms with Gasteiger partial charge in [0.05, 0.1) is 148 Å². The van der Waals surface area contributed by atoms with Crippen molar-refractivity contribution in [3.63, 3.8) is 0 Å². The Kier molecular flexibility index (Phi) is 29.2. The van der Waals surface area contributed by atoms with Crippen LogP contribution in [0, 0.1) is 20.8 Å². The fourth-order valence-electron chi connectivity index (χ4n) is 16.2. The van der Waals surface area contributed by atoms with Crippen LogP contribution in [0.4, 0.5) is 69.8 Å². The molecular formula is C86H110ClN23O16S4. The number of anilines is 12. The van der Waals surface area contributed by atoms with Crippen molar-refractivity contribution in [1.29, 1.82) is 0 Å². The number of sulfonamides is 2. The Bertz CT molecular complexity index is 6530. The number of rotatable bonds is 27. The Morgan fingerprint density at radius 2 is 0.731 bits per heavy atom. The summed E-state index contributed by atoms with van der Waals surface area (Å²) in [5.41, 5.74) is 8.07. The van der Waals surface area contributed by atoms with Crippen LogP contribution in [-0.4, -0.2) is 270 Å². The molecule has 6 saturated heterocycles. The third-order valence-electron chi connectivity index (χ3n) is 23.0. The first-order valence-electron chi connectivity index (χ1n) is 42.8. The van der Waals surface area contributed by atoms with E-state index >= 15 is 0 Å². The normalized spacial score (nSPS) is 17.9. The van der Waals surface area contributed by atoms with Crippen molar-refractivity contribution < 1.29 is 71.6 Å². The Labute approximate surface area is 759 Å². The third kappa shape index (κ3) is 21.8. The molecule has 0 bridgehead atoms. The van der Waals surface area contributed by atoms with Crippen LogP contribution < -0.4 is 61.5 Å². The van der Waals surface area contributed by atoms with E-state index in [9.17, 15) is 33.7 Å². The highest BCUT2D eigenvalue weighted by Crippen LogP contribution is 2.40. The van der Waals surface area contributed by atoms with E-state index in [1.807, 2.05) is 53.2 Å². The number of nitrogens with zero attached hydrogens (tertiary/aromatic N) is 11. The maximum absolute atomic E-state index is 13.5. The van der Waals surface area contributed by atoms with Gasteiger partial charge in [-0.1, -0.05) is 18.0 Å². The number of nitrogens with one attached hydrogen (secondary N) is 12. The zero-order valence-corrected chi connectivity index (χ0v) is 78.2. The minimum Gasteiger partial charge on any atom is -0.495 e. The van der Waals surface area contributed by atoms with Crippen molar-refractivity contribution in [1.82, 2.24) is 73.3 Å². The van der Waals surface area contributed by atoms with Gasteiger partial charge in [-0.2, -0.15) is 48.5 Å². The second kappa shape index (κ2) is 40.6. The molecule has 696 valence electrons. The van der Waals surface area contributed by atoms with E-state index in [-0.39, 0.29) is 43.7 Å². The number of aryl methyl sites for hydroxylation is 3. The summed E-state index contributed by atoms with van der Waals surface area (Å²) >= 11 is 6.41. The van der Waals surface area contributed by atoms with Crippen molar-refractivity contribution in [2.75, 3.05) is 176 Å². The molecule has 18 rings (SSSR count). The van der Waals surface area contributed by atoms with Crippen molar-refractivity contribution in [2.45, 2.75) is 136 Å². The Balaban J connectivity index is 0.000000134. The molecule has 0 aliphatic carbocycles. The number of fused-ring (bicyclic) bond motifs is 4. The fourth-order valence-corrected chi connectivity index (χ4v) is 20.6. The van der Waals surface area contributed by atoms with Gasteiger partial charge in [-0.15, -0.1) is 0 Å². The number of benzene rings is 4. The van der Waals surface area contributed by atoms with Crippen molar-refractivity contribution >= 4 is 165 Å². The maximum Gasteiger partial charge on any atom is 0.243 e. The maximum atomic E-state index is 13.5. The van der Waals surface area contributed by atoms with E-state index in [1.54, 1.807) is 53.0 Å². The average molecular weight is 1890 g/mol. The number of hydrogen-bond donors (Lipinski definition) is 12. The Morgan fingerprint density at radius 1 is 0.400 bits per heavy atom. The van der Waals surface area contributed by atoms with Crippen LogP contribution in [0.25, 0.3) is 44.1 Å². The van der Waals surface area contributed by atoms with Crippen LogP contribution in [-0.2, 0) is 58.7 Å². The van der Waals surface area contributed by atoms with Crippen LogP contribution in [0.15, 0.2) is 117 Å². The van der Waals surface area contributed by atoms with E-state index in [0.29, 0.717) is 186 Å². The average Bonchev–Trinajstić information content (AvgIpc) is 0.920. The molecule has 0 saturated carbocycles. The van der Waals surface area contributed by atoms with Gasteiger partial charge in [-0.25, -0.2) is 33.7 Å². The summed E-state index contributed by atoms with van der Waals surface area (Å²) in [6.07, 6.45) is 17.9. The van der Waals surface area contributed by atoms with E-state index < -0.39 is 39.7 Å². The molecule has 12 aromatic rings. The molecule has 3 atom stereocenters. The van der Waals surface area contributed by atoms with E-state index in [1.165, 1.54) is 82.3 Å². The first kappa shape index (κ1) is 93.4. The van der Waals surface area contributed by atoms with Crippen molar-refractivity contribution in [2.24, 2.45) is 0 Å². The van der Waals surface area contributed by atoms with Gasteiger partial charge in [0, 0.05) is 120 Å². The standard InChI is InChI=1S/C27H36ClN7O4S.C22H28N6O5S.C19H23N5O4S.C18H23N5O3S/c1-38-23-15-20(40(36,37)35-12-7-19(8-13-35)34-10-3-2-4-11-34)5-6-22(23)31-27-32-25-24(21(28)16-29-25)26(33-27)30-18-9-14-39-17-18;1-14-12-23-20-19(14)21(24-15-5-8-33-13-15)27-22(26-20)25-17-4-3-16(11-18(17)31-2)34(29,30)28-6-9-32-10-7-28;1-11-9-20-17-16(11)18(21-12-6-7-28-10-12)24-19(23-17)22-14-5-4-13(29(3,25)26)8-15(14)27-2;1-10(2)20-17-15-11(3)9-19-16(15)22-18(23-17)21-13-7-6-12(27(5,24)25)8-14(13)26-4/h5-6,15-16,18-19H,2-4,7-14,17H2,1H3,(H3,29,30,31,32,33);3-4,11-12,15H,5-10,13H2,1-2H3,(H3,23,24,25,26,27);4-5,8-9,12H,6-7,10H2,1-3H3,(H3,20,21,22,23,24);6-10H,1-5H3,(H3,19,20,21,22,23)/t18-;15-;12-;/m111./s1. The van der Waals surface area contributed by atoms with Crippen LogP contribution in [0.2, 0.25) is 5.02 Å². The molecule has 0 unspecified atom stereocenters. The Morgan fingerprint density at radius 3 is 1.08 bits per heavy atom. The molecule has 0 amide bonds. The number of likely N-dealkylation sites (tertiary alicyclic amines) is 1. The predicted molar refractivity (Wildman–Crippen MR) is 500 cm³/mol. The minimum atomic E-state index is -3.65. The molecule has 44 heteroatoms. The van der Waals surface area contributed by atoms with Gasteiger partial charge in [0.2, 0.25) is 43.8 Å². The number of methoxy groups -OCH3 is 4. The molecule has 6 fully saturated rings. The lowest BCUT2D eigenvalue weighted by atomic mass is 10.0. The molecule has 4 aromatic carbocycles. The summed E-state index contributed by atoms with van der Waals surface area (Å²) in [5, 5.41) is 30.3. The lowest BCUT2D eigenvalue weighted by Gasteiger charge is -2.39. The second-order valence-corrected chi connectivity index (χ2v) is 41.0. The predicted octanol–water partition coefficient (Wildman–Crippen LogP) is 12.3. The number of ether oxygens (including phenoxy) is 8. The highest BCUT2D eigenvalue weighted by molar-refractivity contribution is 7.91. The number of aromatic nitrogens is 12. The third-order valence-corrected chi connectivity index (χ3v) is 29.3. The van der Waals surface area contributed by atoms with E-state index in [0.717, 1.165) is 115 Å². The summed E-state index contributed by atoms with van der Waals surface area (Å²) in [6, 6.07) is 20.0. The van der Waals surface area contributed by atoms with Gasteiger partial charge >= 0.3 is 0 Å². The number of morpholine rings is 1. The van der Waals surface area contributed by atoms with Crippen LogP contribution in [0.1, 0.15) is 81.9 Å². The van der Waals surface area contributed by atoms with Gasteiger partial charge < -0.3 is 105 Å². The first-order chi connectivity index (χ1) is 62.4. The quantitative estimate of drug-likeness (QED) is 0.0227. The Hall–Kier alpha value is -11.2. The number of sulfone groups is 2. The molecule has 0 spiro atoms. The monoisotopic (exact) mass is 1880 g/mol. The molecule has 14 heterocycles. The number of H-pyrrole nitrogens is 4. The minimum absolute atomic E-state index is 0.126. The van der Waals surface area contributed by atoms with Gasteiger partial charge in [0.1, 0.15) is 68.9 Å². The summed E-state index contributed by atoms with van der Waals surface area (Å²) in [4.78, 5) is 52.7. The van der Waals surface area contributed by atoms with Crippen LogP contribution in [0.3, 0.4) is 0 Å². The summed E-state index contributed by atoms with van der Waals surface area (Å²) in [7, 11) is -7.97. The number of piperidine rings is 2. The molecule has 6 aliphatic heterocycles. The topological polar surface area (TPSA) is 483 Å². The molecule has 130 heavy (non-hydrogen) atoms. The highest BCUT2D eigenvalue weighted by Gasteiger charge is 2.35. The van der Waals surface area contributed by atoms with E-state index in [2.05, 4.69) is 102 Å². The highest BCUT2D eigenvalue weighted by atomic mass is 35.5. The van der Waals surface area contributed by atoms with E-state index in [4.69, 9.17) is 54.5 Å². The largest absolute Gasteiger partial charge is 0.495 e. The van der Waals surface area contributed by atoms with Gasteiger partial charge in [0.25, 0.3) is 0 Å². The molecular weight excluding hydrogens is 1770 g/mol. The number of halogens is 1. The molecule has 6 aliphatic rings. The van der Waals surface area contributed by atoms with Gasteiger partial charge in [-0.3, -0.25) is 0 Å².